The molecule has 2 aromatic rings. The molecule has 0 amide bonds. The molecular weight excluding hydrogens is 270 g/mol. The lowest BCUT2D eigenvalue weighted by atomic mass is 10.0. The number of aromatic nitrogens is 2. The van der Waals surface area contributed by atoms with Crippen LogP contribution in [0.3, 0.4) is 0 Å². The van der Waals surface area contributed by atoms with Gasteiger partial charge in [0.2, 0.25) is 0 Å². The molecule has 108 valence electrons. The Balaban J connectivity index is 2.19. The SMILES string of the molecule is CCc1nn(C)c(CNc2ccccc2C(C)C)c1Cl. The van der Waals surface area contributed by atoms with Gasteiger partial charge in [-0.25, -0.2) is 0 Å². The molecule has 0 saturated carbocycles. The standard InChI is InChI=1S/C16H22ClN3/c1-5-13-16(17)15(20(4)19-13)10-18-14-9-7-6-8-12(14)11(2)3/h6-9,11,18H,5,10H2,1-4H3. The fourth-order valence-corrected chi connectivity index (χ4v) is 2.71. The fraction of sp³-hybridized carbons (Fsp3) is 0.438. The Morgan fingerprint density at radius 3 is 2.60 bits per heavy atom. The van der Waals surface area contributed by atoms with Crippen molar-refractivity contribution in [2.45, 2.75) is 39.7 Å². The summed E-state index contributed by atoms with van der Waals surface area (Å²) in [6.45, 7) is 7.16. The van der Waals surface area contributed by atoms with Crippen molar-refractivity contribution in [3.63, 3.8) is 0 Å². The molecule has 2 rings (SSSR count). The van der Waals surface area contributed by atoms with E-state index in [9.17, 15) is 0 Å². The van der Waals surface area contributed by atoms with E-state index in [0.29, 0.717) is 12.5 Å². The summed E-state index contributed by atoms with van der Waals surface area (Å²) in [5.74, 6) is 0.493. The largest absolute Gasteiger partial charge is 0.379 e. The first-order valence-corrected chi connectivity index (χ1v) is 7.45. The van der Waals surface area contributed by atoms with Gasteiger partial charge in [0, 0.05) is 12.7 Å². The van der Waals surface area contributed by atoms with Gasteiger partial charge in [0.1, 0.15) is 0 Å². The van der Waals surface area contributed by atoms with Gasteiger partial charge in [0.05, 0.1) is 23.0 Å². The van der Waals surface area contributed by atoms with E-state index in [1.807, 2.05) is 11.7 Å². The first kappa shape index (κ1) is 14.9. The van der Waals surface area contributed by atoms with Gasteiger partial charge in [-0.15, -0.1) is 0 Å². The molecule has 1 N–H and O–H groups in total. The minimum absolute atomic E-state index is 0.493. The van der Waals surface area contributed by atoms with Gasteiger partial charge in [-0.2, -0.15) is 5.10 Å². The second-order valence-corrected chi connectivity index (χ2v) is 5.66. The van der Waals surface area contributed by atoms with Crippen molar-refractivity contribution in [3.8, 4) is 0 Å². The average Bonchev–Trinajstić information content (AvgIpc) is 2.71. The van der Waals surface area contributed by atoms with Gasteiger partial charge < -0.3 is 5.32 Å². The van der Waals surface area contributed by atoms with Crippen LogP contribution in [0.5, 0.6) is 0 Å². The van der Waals surface area contributed by atoms with Crippen LogP contribution >= 0.6 is 11.6 Å². The summed E-state index contributed by atoms with van der Waals surface area (Å²) < 4.78 is 1.87. The van der Waals surface area contributed by atoms with Crippen molar-refractivity contribution in [1.82, 2.24) is 9.78 Å². The van der Waals surface area contributed by atoms with Crippen LogP contribution in [0.15, 0.2) is 24.3 Å². The van der Waals surface area contributed by atoms with Crippen LogP contribution in [-0.2, 0) is 20.0 Å². The molecule has 1 heterocycles. The van der Waals surface area contributed by atoms with Gasteiger partial charge >= 0.3 is 0 Å². The third kappa shape index (κ3) is 2.98. The highest BCUT2D eigenvalue weighted by molar-refractivity contribution is 6.31. The van der Waals surface area contributed by atoms with Gasteiger partial charge in [-0.1, -0.05) is 50.6 Å². The molecule has 0 unspecified atom stereocenters. The number of para-hydroxylation sites is 1. The Hall–Kier alpha value is -1.48. The zero-order valence-corrected chi connectivity index (χ0v) is 13.3. The van der Waals surface area contributed by atoms with Crippen molar-refractivity contribution < 1.29 is 0 Å². The average molecular weight is 292 g/mol. The number of hydrogen-bond acceptors (Lipinski definition) is 2. The third-order valence-corrected chi connectivity index (χ3v) is 3.97. The molecule has 1 aromatic heterocycles. The smallest absolute Gasteiger partial charge is 0.0868 e. The maximum atomic E-state index is 6.37. The first-order valence-electron chi connectivity index (χ1n) is 7.07. The third-order valence-electron chi connectivity index (χ3n) is 3.53. The Morgan fingerprint density at radius 1 is 1.30 bits per heavy atom. The van der Waals surface area contributed by atoms with E-state index in [2.05, 4.69) is 55.5 Å². The number of anilines is 1. The molecule has 0 fully saturated rings. The number of hydrogen-bond donors (Lipinski definition) is 1. The van der Waals surface area contributed by atoms with Crippen LogP contribution in [0.2, 0.25) is 5.02 Å². The number of rotatable bonds is 5. The first-order chi connectivity index (χ1) is 9.54. The van der Waals surface area contributed by atoms with E-state index in [4.69, 9.17) is 11.6 Å². The minimum atomic E-state index is 0.493. The van der Waals surface area contributed by atoms with Crippen molar-refractivity contribution in [1.29, 1.82) is 0 Å². The van der Waals surface area contributed by atoms with Crippen molar-refractivity contribution in [2.24, 2.45) is 7.05 Å². The molecule has 0 aliphatic rings. The highest BCUT2D eigenvalue weighted by Gasteiger charge is 2.13. The van der Waals surface area contributed by atoms with Crippen LogP contribution in [0.25, 0.3) is 0 Å². The van der Waals surface area contributed by atoms with Crippen LogP contribution < -0.4 is 5.32 Å². The van der Waals surface area contributed by atoms with Crippen molar-refractivity contribution in [2.75, 3.05) is 5.32 Å². The maximum Gasteiger partial charge on any atom is 0.0868 e. The predicted molar refractivity (Wildman–Crippen MR) is 85.5 cm³/mol. The normalized spacial score (nSPS) is 11.1. The zero-order valence-electron chi connectivity index (χ0n) is 12.6. The molecule has 0 spiro atoms. The molecule has 0 atom stereocenters. The van der Waals surface area contributed by atoms with Gasteiger partial charge in [0.15, 0.2) is 0 Å². The van der Waals surface area contributed by atoms with E-state index in [-0.39, 0.29) is 0 Å². The highest BCUT2D eigenvalue weighted by Crippen LogP contribution is 2.26. The number of halogens is 1. The lowest BCUT2D eigenvalue weighted by Gasteiger charge is -2.14. The Labute approximate surface area is 126 Å². The summed E-state index contributed by atoms with van der Waals surface area (Å²) in [7, 11) is 1.94. The van der Waals surface area contributed by atoms with Gasteiger partial charge in [-0.05, 0) is 24.0 Å². The summed E-state index contributed by atoms with van der Waals surface area (Å²) in [6, 6.07) is 8.40. The molecule has 0 aliphatic heterocycles. The number of nitrogens with one attached hydrogen (secondary N) is 1. The lowest BCUT2D eigenvalue weighted by molar-refractivity contribution is 0.706. The quantitative estimate of drug-likeness (QED) is 0.886. The van der Waals surface area contributed by atoms with E-state index in [1.165, 1.54) is 5.56 Å². The van der Waals surface area contributed by atoms with E-state index in [0.717, 1.165) is 28.5 Å². The fourth-order valence-electron chi connectivity index (χ4n) is 2.35. The summed E-state index contributed by atoms with van der Waals surface area (Å²) in [6.07, 6.45) is 0.856. The molecule has 3 nitrogen and oxygen atoms in total. The number of benzene rings is 1. The van der Waals surface area contributed by atoms with Crippen molar-refractivity contribution >= 4 is 17.3 Å². The molecule has 0 aliphatic carbocycles. The summed E-state index contributed by atoms with van der Waals surface area (Å²) in [5.41, 5.74) is 4.48. The monoisotopic (exact) mass is 291 g/mol. The van der Waals surface area contributed by atoms with Gasteiger partial charge in [0.25, 0.3) is 0 Å². The molecular formula is C16H22ClN3. The summed E-state index contributed by atoms with van der Waals surface area (Å²) in [5, 5.41) is 8.71. The van der Waals surface area contributed by atoms with E-state index in [1.54, 1.807) is 0 Å². The van der Waals surface area contributed by atoms with Crippen LogP contribution in [-0.4, -0.2) is 9.78 Å². The topological polar surface area (TPSA) is 29.9 Å². The van der Waals surface area contributed by atoms with E-state index >= 15 is 0 Å². The Bertz CT molecular complexity index is 587. The van der Waals surface area contributed by atoms with Crippen LogP contribution in [0, 0.1) is 0 Å². The molecule has 0 saturated heterocycles. The Kier molecular flexibility index (Phi) is 4.71. The Morgan fingerprint density at radius 2 is 2.00 bits per heavy atom. The molecule has 0 bridgehead atoms. The number of aryl methyl sites for hydroxylation is 2. The molecule has 1 aromatic carbocycles. The lowest BCUT2D eigenvalue weighted by Crippen LogP contribution is -2.07. The molecule has 0 radical (unpaired) electrons. The van der Waals surface area contributed by atoms with E-state index < -0.39 is 0 Å². The van der Waals surface area contributed by atoms with Crippen molar-refractivity contribution in [3.05, 3.63) is 46.2 Å². The molecule has 4 heteroatoms. The predicted octanol–water partition coefficient (Wildman–Crippen LogP) is 4.37. The van der Waals surface area contributed by atoms with Gasteiger partial charge in [-0.3, -0.25) is 4.68 Å². The minimum Gasteiger partial charge on any atom is -0.379 e. The second kappa shape index (κ2) is 6.31. The highest BCUT2D eigenvalue weighted by atomic mass is 35.5. The number of nitrogens with zero attached hydrogens (tertiary/aromatic N) is 2. The summed E-state index contributed by atoms with van der Waals surface area (Å²) >= 11 is 6.37. The summed E-state index contributed by atoms with van der Waals surface area (Å²) in [4.78, 5) is 0. The zero-order chi connectivity index (χ0) is 14.7. The van der Waals surface area contributed by atoms with Crippen LogP contribution in [0.4, 0.5) is 5.69 Å². The molecule has 20 heavy (non-hydrogen) atoms. The maximum absolute atomic E-state index is 6.37. The van der Waals surface area contributed by atoms with Crippen LogP contribution in [0.1, 0.15) is 43.6 Å². The second-order valence-electron chi connectivity index (χ2n) is 5.28.